The first-order chi connectivity index (χ1) is 18.2. The average molecular weight is 530 g/mol. The van der Waals surface area contributed by atoms with Gasteiger partial charge in [-0.15, -0.1) is 0 Å². The molecule has 1 fully saturated rings. The lowest BCUT2D eigenvalue weighted by atomic mass is 9.82. The lowest BCUT2D eigenvalue weighted by Crippen LogP contribution is -2.47. The van der Waals surface area contributed by atoms with Gasteiger partial charge in [0.15, 0.2) is 5.72 Å². The molecule has 38 heavy (non-hydrogen) atoms. The minimum absolute atomic E-state index is 0.00354. The summed E-state index contributed by atoms with van der Waals surface area (Å²) in [5.74, 6) is -0.225. The number of pyridine rings is 1. The maximum atomic E-state index is 14.3. The molecule has 3 aliphatic rings. The van der Waals surface area contributed by atoms with Crippen molar-refractivity contribution < 1.29 is 19.7 Å². The second-order valence-electron chi connectivity index (χ2n) is 10.9. The fourth-order valence-corrected chi connectivity index (χ4v) is 6.10. The van der Waals surface area contributed by atoms with Crippen LogP contribution in [0, 0.1) is 16.7 Å². The fourth-order valence-electron chi connectivity index (χ4n) is 5.98. The van der Waals surface area contributed by atoms with Gasteiger partial charge in [-0.3, -0.25) is 14.7 Å². The molecule has 4 atom stereocenters. The van der Waals surface area contributed by atoms with E-state index in [0.29, 0.717) is 33.8 Å². The summed E-state index contributed by atoms with van der Waals surface area (Å²) in [4.78, 5) is 20.4. The van der Waals surface area contributed by atoms with Crippen LogP contribution in [0.2, 0.25) is 5.02 Å². The number of hydrogen-bond donors (Lipinski definition) is 2. The first-order valence-electron chi connectivity index (χ1n) is 12.8. The van der Waals surface area contributed by atoms with Crippen molar-refractivity contribution in [3.63, 3.8) is 0 Å². The molecule has 2 aromatic carbocycles. The number of ether oxygens (including phenoxy) is 1. The van der Waals surface area contributed by atoms with Crippen LogP contribution in [0.15, 0.2) is 54.7 Å². The zero-order valence-corrected chi connectivity index (χ0v) is 22.0. The topological polar surface area (TPSA) is 107 Å². The molecule has 3 aromatic rings. The summed E-state index contributed by atoms with van der Waals surface area (Å²) in [6, 6.07) is 16.6. The molecule has 7 nitrogen and oxygen atoms in total. The highest BCUT2D eigenvalue weighted by atomic mass is 35.5. The number of fused-ring (bicyclic) bond motifs is 2. The Balaban J connectivity index is 1.61. The van der Waals surface area contributed by atoms with Crippen molar-refractivity contribution in [3.8, 4) is 6.07 Å². The number of carbonyl (C=O) groups is 1. The number of carbonyl (C=O) groups excluding carboxylic acids is 1. The maximum Gasteiger partial charge on any atom is 0.257 e. The normalized spacial score (nSPS) is 26.7. The van der Waals surface area contributed by atoms with Gasteiger partial charge in [-0.05, 0) is 67.1 Å². The third-order valence-corrected chi connectivity index (χ3v) is 8.88. The first kappa shape index (κ1) is 25.0. The van der Waals surface area contributed by atoms with E-state index in [9.17, 15) is 20.3 Å². The van der Waals surface area contributed by atoms with Crippen molar-refractivity contribution in [1.82, 2.24) is 9.88 Å². The molecule has 1 amide bonds. The molecule has 1 aromatic heterocycles. The number of amides is 1. The molecule has 2 N–H and O–H groups in total. The van der Waals surface area contributed by atoms with Crippen LogP contribution in [0.1, 0.15) is 76.5 Å². The number of aliphatic hydroxyl groups excluding tert-OH is 1. The van der Waals surface area contributed by atoms with E-state index < -0.39 is 16.7 Å². The highest BCUT2D eigenvalue weighted by Gasteiger charge is 2.64. The Morgan fingerprint density at radius 3 is 2.66 bits per heavy atom. The molecular weight excluding hydrogens is 502 g/mol. The summed E-state index contributed by atoms with van der Waals surface area (Å²) < 4.78 is 6.80. The molecule has 1 aliphatic carbocycles. The third kappa shape index (κ3) is 3.52. The SMILES string of the molecule is CCC(C)(O)c1cc2c3c(c1)C1CC1(CO)CO[C@@]3(c1ccc(Cl)cc1)N(Cc1ccc(C#N)cn1)C2=O. The number of aliphatic hydroxyl groups is 2. The first-order valence-corrected chi connectivity index (χ1v) is 13.2. The van der Waals surface area contributed by atoms with E-state index in [1.807, 2.05) is 25.1 Å². The molecule has 0 bridgehead atoms. The van der Waals surface area contributed by atoms with Gasteiger partial charge >= 0.3 is 0 Å². The van der Waals surface area contributed by atoms with Gasteiger partial charge in [0.2, 0.25) is 0 Å². The molecule has 0 radical (unpaired) electrons. The Morgan fingerprint density at radius 2 is 2.03 bits per heavy atom. The van der Waals surface area contributed by atoms with E-state index in [4.69, 9.17) is 16.3 Å². The quantitative estimate of drug-likeness (QED) is 0.484. The van der Waals surface area contributed by atoms with E-state index in [1.165, 1.54) is 6.20 Å². The number of rotatable bonds is 6. The van der Waals surface area contributed by atoms with Crippen molar-refractivity contribution in [2.45, 2.75) is 50.5 Å². The summed E-state index contributed by atoms with van der Waals surface area (Å²) in [6.45, 7) is 4.02. The minimum atomic E-state index is -1.27. The Bertz CT molecular complexity index is 1480. The molecule has 2 aliphatic heterocycles. The molecule has 0 saturated heterocycles. The summed E-state index contributed by atoms with van der Waals surface area (Å²) in [5.41, 5.74) is 1.78. The van der Waals surface area contributed by atoms with Gasteiger partial charge in [0.1, 0.15) is 6.07 Å². The van der Waals surface area contributed by atoms with E-state index in [0.717, 1.165) is 23.1 Å². The van der Waals surface area contributed by atoms with Crippen LogP contribution in [0.25, 0.3) is 0 Å². The molecule has 3 heterocycles. The van der Waals surface area contributed by atoms with Crippen LogP contribution in [0.4, 0.5) is 0 Å². The van der Waals surface area contributed by atoms with E-state index in [1.54, 1.807) is 42.2 Å². The Kier molecular flexibility index (Phi) is 5.68. The largest absolute Gasteiger partial charge is 0.396 e. The standard InChI is InChI=1S/C30H28ClN3O4/c1-3-28(2,37)20-10-23-25-12-29(25,16-35)17-38-30(19-5-7-21(31)8-6-19)26(23)24(11-20)27(36)34(30)15-22-9-4-18(13-32)14-33-22/h4-11,14,25,35,37H,3,12,15-17H2,1-2H3/t25?,28?,29?,30-/m1/s1. The van der Waals surface area contributed by atoms with Gasteiger partial charge < -0.3 is 14.9 Å². The van der Waals surface area contributed by atoms with Crippen molar-refractivity contribution in [1.29, 1.82) is 5.26 Å². The van der Waals surface area contributed by atoms with Gasteiger partial charge in [0, 0.05) is 33.3 Å². The Hall–Kier alpha value is -3.28. The fraction of sp³-hybridized carbons (Fsp3) is 0.367. The highest BCUT2D eigenvalue weighted by molar-refractivity contribution is 6.30. The summed E-state index contributed by atoms with van der Waals surface area (Å²) in [5, 5.41) is 31.4. The number of hydrogen-bond acceptors (Lipinski definition) is 6. The van der Waals surface area contributed by atoms with Crippen molar-refractivity contribution in [2.75, 3.05) is 13.2 Å². The number of benzene rings is 2. The summed E-state index contributed by atoms with van der Waals surface area (Å²) in [7, 11) is 0. The van der Waals surface area contributed by atoms with E-state index >= 15 is 0 Å². The lowest BCUT2D eigenvalue weighted by Gasteiger charge is -2.40. The number of nitrogens with zero attached hydrogens (tertiary/aromatic N) is 3. The van der Waals surface area contributed by atoms with Crippen molar-refractivity contribution in [2.24, 2.45) is 5.41 Å². The van der Waals surface area contributed by atoms with Gasteiger partial charge in [0.25, 0.3) is 5.91 Å². The summed E-state index contributed by atoms with van der Waals surface area (Å²) >= 11 is 6.25. The zero-order chi connectivity index (χ0) is 26.9. The van der Waals surface area contributed by atoms with E-state index in [-0.39, 0.29) is 31.6 Å². The molecular formula is C30H28ClN3O4. The average Bonchev–Trinajstić information content (AvgIpc) is 3.63. The van der Waals surface area contributed by atoms with Crippen LogP contribution in [-0.2, 0) is 22.6 Å². The Labute approximate surface area is 226 Å². The molecule has 0 spiro atoms. The van der Waals surface area contributed by atoms with Gasteiger partial charge in [0.05, 0.1) is 36.6 Å². The second-order valence-corrected chi connectivity index (χ2v) is 11.3. The van der Waals surface area contributed by atoms with Gasteiger partial charge in [-0.2, -0.15) is 5.26 Å². The van der Waals surface area contributed by atoms with Crippen LogP contribution in [0.3, 0.4) is 0 Å². The molecule has 1 saturated carbocycles. The zero-order valence-electron chi connectivity index (χ0n) is 21.2. The lowest BCUT2D eigenvalue weighted by molar-refractivity contribution is -0.126. The molecule has 3 unspecified atom stereocenters. The monoisotopic (exact) mass is 529 g/mol. The number of aromatic nitrogens is 1. The van der Waals surface area contributed by atoms with Gasteiger partial charge in [-0.1, -0.05) is 36.7 Å². The number of halogens is 1. The maximum absolute atomic E-state index is 14.3. The van der Waals surface area contributed by atoms with E-state index in [2.05, 4.69) is 11.1 Å². The molecule has 6 rings (SSSR count). The van der Waals surface area contributed by atoms with Crippen LogP contribution < -0.4 is 0 Å². The minimum Gasteiger partial charge on any atom is -0.396 e. The summed E-state index contributed by atoms with van der Waals surface area (Å²) in [6.07, 6.45) is 2.71. The molecule has 194 valence electrons. The smallest absolute Gasteiger partial charge is 0.257 e. The highest BCUT2D eigenvalue weighted by Crippen LogP contribution is 2.66. The van der Waals surface area contributed by atoms with Crippen molar-refractivity contribution >= 4 is 17.5 Å². The predicted octanol–water partition coefficient (Wildman–Crippen LogP) is 4.58. The van der Waals surface area contributed by atoms with Crippen molar-refractivity contribution in [3.05, 3.63) is 98.8 Å². The van der Waals surface area contributed by atoms with Crippen LogP contribution >= 0.6 is 11.6 Å². The number of nitriles is 1. The van der Waals surface area contributed by atoms with Crippen LogP contribution in [-0.4, -0.2) is 39.2 Å². The Morgan fingerprint density at radius 1 is 1.26 bits per heavy atom. The van der Waals surface area contributed by atoms with Gasteiger partial charge in [-0.25, -0.2) is 0 Å². The second kappa shape index (κ2) is 8.62. The third-order valence-electron chi connectivity index (χ3n) is 8.63. The van der Waals surface area contributed by atoms with Crippen LogP contribution in [0.5, 0.6) is 0 Å². The molecule has 8 heteroatoms. The predicted molar refractivity (Wildman–Crippen MR) is 140 cm³/mol.